The van der Waals surface area contributed by atoms with Crippen molar-refractivity contribution >= 4 is 23.5 Å². The van der Waals surface area contributed by atoms with Gasteiger partial charge < -0.3 is 4.90 Å². The van der Waals surface area contributed by atoms with Crippen molar-refractivity contribution in [1.82, 2.24) is 4.98 Å². The van der Waals surface area contributed by atoms with Gasteiger partial charge in [0.2, 0.25) is 0 Å². The molecule has 0 bridgehead atoms. The van der Waals surface area contributed by atoms with Crippen LogP contribution in [0.1, 0.15) is 10.4 Å². The zero-order valence-electron chi connectivity index (χ0n) is 10.8. The molecule has 0 amide bonds. The molecule has 0 spiro atoms. The second-order valence-corrected chi connectivity index (χ2v) is 4.14. The van der Waals surface area contributed by atoms with Crippen LogP contribution >= 0.6 is 0 Å². The summed E-state index contributed by atoms with van der Waals surface area (Å²) in [6.07, 6.45) is 2.42. The van der Waals surface area contributed by atoms with E-state index in [1.165, 1.54) is 0 Å². The van der Waals surface area contributed by atoms with Gasteiger partial charge in [0.1, 0.15) is 0 Å². The van der Waals surface area contributed by atoms with Crippen molar-refractivity contribution in [2.24, 2.45) is 10.2 Å². The molecule has 1 heterocycles. The molecule has 0 radical (unpaired) electrons. The van der Waals surface area contributed by atoms with E-state index in [9.17, 15) is 4.79 Å². The standard InChI is InChI=1S/C14H14N4O/c1-18(2)12-6-7-13(11(9-12)10-19)16-17-14-5-3-4-8-15-14/h3-10H,1-2H3. The van der Waals surface area contributed by atoms with Gasteiger partial charge >= 0.3 is 0 Å². The summed E-state index contributed by atoms with van der Waals surface area (Å²) in [7, 11) is 3.83. The second-order valence-electron chi connectivity index (χ2n) is 4.14. The second kappa shape index (κ2) is 5.86. The molecular weight excluding hydrogens is 240 g/mol. The quantitative estimate of drug-likeness (QED) is 0.620. The number of carbonyl (C=O) groups is 1. The minimum atomic E-state index is 0.505. The van der Waals surface area contributed by atoms with E-state index in [-0.39, 0.29) is 0 Å². The van der Waals surface area contributed by atoms with Crippen LogP contribution in [0.2, 0.25) is 0 Å². The largest absolute Gasteiger partial charge is 0.378 e. The van der Waals surface area contributed by atoms with Gasteiger partial charge in [0.05, 0.1) is 5.69 Å². The Morgan fingerprint density at radius 1 is 1.16 bits per heavy atom. The number of benzene rings is 1. The van der Waals surface area contributed by atoms with Gasteiger partial charge in [-0.25, -0.2) is 4.98 Å². The van der Waals surface area contributed by atoms with Gasteiger partial charge in [0.25, 0.3) is 0 Å². The van der Waals surface area contributed by atoms with Gasteiger partial charge in [0, 0.05) is 31.5 Å². The predicted octanol–water partition coefficient (Wildman–Crippen LogP) is 3.38. The molecule has 2 aromatic rings. The lowest BCUT2D eigenvalue weighted by atomic mass is 10.1. The van der Waals surface area contributed by atoms with E-state index in [0.29, 0.717) is 17.1 Å². The molecule has 0 saturated heterocycles. The summed E-state index contributed by atoms with van der Waals surface area (Å²) in [5.41, 5.74) is 1.98. The Labute approximate surface area is 111 Å². The third kappa shape index (κ3) is 3.22. The lowest BCUT2D eigenvalue weighted by molar-refractivity contribution is 0.112. The highest BCUT2D eigenvalue weighted by Crippen LogP contribution is 2.24. The maximum Gasteiger partial charge on any atom is 0.174 e. The van der Waals surface area contributed by atoms with Crippen LogP contribution in [0.5, 0.6) is 0 Å². The first kappa shape index (κ1) is 12.9. The minimum Gasteiger partial charge on any atom is -0.378 e. The topological polar surface area (TPSA) is 57.9 Å². The van der Waals surface area contributed by atoms with E-state index in [0.717, 1.165) is 12.0 Å². The summed E-state index contributed by atoms with van der Waals surface area (Å²) in [5.74, 6) is 0.510. The summed E-state index contributed by atoms with van der Waals surface area (Å²) in [6.45, 7) is 0. The summed E-state index contributed by atoms with van der Waals surface area (Å²) in [5, 5.41) is 8.06. The fourth-order valence-corrected chi connectivity index (χ4v) is 1.52. The van der Waals surface area contributed by atoms with Gasteiger partial charge in [-0.2, -0.15) is 0 Å². The molecule has 0 fully saturated rings. The molecule has 5 heteroatoms. The van der Waals surface area contributed by atoms with Crippen molar-refractivity contribution < 1.29 is 4.79 Å². The molecule has 19 heavy (non-hydrogen) atoms. The zero-order chi connectivity index (χ0) is 13.7. The number of hydrogen-bond acceptors (Lipinski definition) is 5. The molecule has 96 valence electrons. The first-order valence-electron chi connectivity index (χ1n) is 5.80. The van der Waals surface area contributed by atoms with Crippen molar-refractivity contribution in [3.05, 3.63) is 48.2 Å². The van der Waals surface area contributed by atoms with Gasteiger partial charge in [-0.1, -0.05) is 6.07 Å². The van der Waals surface area contributed by atoms with Crippen molar-refractivity contribution in [3.63, 3.8) is 0 Å². The van der Waals surface area contributed by atoms with Crippen LogP contribution in [0.4, 0.5) is 17.2 Å². The maximum atomic E-state index is 11.1. The lowest BCUT2D eigenvalue weighted by Gasteiger charge is -2.12. The molecule has 0 saturated carbocycles. The van der Waals surface area contributed by atoms with E-state index >= 15 is 0 Å². The van der Waals surface area contributed by atoms with Crippen molar-refractivity contribution in [3.8, 4) is 0 Å². The third-order valence-electron chi connectivity index (χ3n) is 2.56. The van der Waals surface area contributed by atoms with E-state index in [4.69, 9.17) is 0 Å². The summed E-state index contributed by atoms with van der Waals surface area (Å²) in [6, 6.07) is 10.8. The fourth-order valence-electron chi connectivity index (χ4n) is 1.52. The first-order chi connectivity index (χ1) is 9.20. The number of azo groups is 1. The lowest BCUT2D eigenvalue weighted by Crippen LogP contribution is -2.08. The van der Waals surface area contributed by atoms with Crippen molar-refractivity contribution in [2.45, 2.75) is 0 Å². The van der Waals surface area contributed by atoms with Crippen LogP contribution < -0.4 is 4.90 Å². The number of nitrogens with zero attached hydrogens (tertiary/aromatic N) is 4. The molecule has 0 N–H and O–H groups in total. The van der Waals surface area contributed by atoms with Crippen LogP contribution in [0, 0.1) is 0 Å². The highest BCUT2D eigenvalue weighted by atomic mass is 16.1. The third-order valence-corrected chi connectivity index (χ3v) is 2.56. The van der Waals surface area contributed by atoms with E-state index in [1.807, 2.05) is 37.2 Å². The summed E-state index contributed by atoms with van der Waals surface area (Å²) < 4.78 is 0. The van der Waals surface area contributed by atoms with Gasteiger partial charge in [0.15, 0.2) is 12.1 Å². The fraction of sp³-hybridized carbons (Fsp3) is 0.143. The minimum absolute atomic E-state index is 0.505. The molecule has 0 aliphatic heterocycles. The Morgan fingerprint density at radius 3 is 2.63 bits per heavy atom. The Morgan fingerprint density at radius 2 is 2.00 bits per heavy atom. The van der Waals surface area contributed by atoms with Crippen LogP contribution in [0.3, 0.4) is 0 Å². The van der Waals surface area contributed by atoms with Crippen LogP contribution in [0.15, 0.2) is 52.8 Å². The molecule has 1 aromatic carbocycles. The van der Waals surface area contributed by atoms with Gasteiger partial charge in [-0.15, -0.1) is 10.2 Å². The summed E-state index contributed by atoms with van der Waals surface area (Å²) in [4.78, 5) is 17.0. The van der Waals surface area contributed by atoms with Crippen LogP contribution in [-0.4, -0.2) is 25.4 Å². The summed E-state index contributed by atoms with van der Waals surface area (Å²) >= 11 is 0. The highest BCUT2D eigenvalue weighted by molar-refractivity contribution is 5.84. The average molecular weight is 254 g/mol. The predicted molar refractivity (Wildman–Crippen MR) is 74.6 cm³/mol. The average Bonchev–Trinajstić information content (AvgIpc) is 2.45. The van der Waals surface area contributed by atoms with E-state index in [2.05, 4.69) is 15.2 Å². The van der Waals surface area contributed by atoms with Gasteiger partial charge in [-0.05, 0) is 30.3 Å². The molecule has 5 nitrogen and oxygen atoms in total. The molecule has 0 atom stereocenters. The SMILES string of the molecule is CN(C)c1ccc(N=Nc2ccccn2)c(C=O)c1. The Bertz CT molecular complexity index is 594. The first-order valence-corrected chi connectivity index (χ1v) is 5.80. The number of aldehydes is 1. The molecule has 0 aliphatic carbocycles. The molecule has 0 aliphatic rings. The number of pyridine rings is 1. The number of carbonyl (C=O) groups excluding carboxylic acids is 1. The molecular formula is C14H14N4O. The molecule has 1 aromatic heterocycles. The molecule has 2 rings (SSSR count). The normalized spacial score (nSPS) is 10.6. The number of rotatable bonds is 4. The van der Waals surface area contributed by atoms with Crippen molar-refractivity contribution in [2.75, 3.05) is 19.0 Å². The highest BCUT2D eigenvalue weighted by Gasteiger charge is 2.04. The monoisotopic (exact) mass is 254 g/mol. The number of anilines is 1. The Kier molecular flexibility index (Phi) is 3.97. The Balaban J connectivity index is 2.30. The van der Waals surface area contributed by atoms with E-state index in [1.54, 1.807) is 24.4 Å². The Hall–Kier alpha value is -2.56. The van der Waals surface area contributed by atoms with E-state index < -0.39 is 0 Å². The maximum absolute atomic E-state index is 11.1. The zero-order valence-corrected chi connectivity index (χ0v) is 10.8. The number of hydrogen-bond donors (Lipinski definition) is 0. The van der Waals surface area contributed by atoms with Crippen LogP contribution in [0.25, 0.3) is 0 Å². The number of aromatic nitrogens is 1. The van der Waals surface area contributed by atoms with Crippen LogP contribution in [-0.2, 0) is 0 Å². The smallest absolute Gasteiger partial charge is 0.174 e. The molecule has 0 unspecified atom stereocenters. The van der Waals surface area contributed by atoms with Gasteiger partial charge in [-0.3, -0.25) is 4.79 Å². The van der Waals surface area contributed by atoms with Crippen molar-refractivity contribution in [1.29, 1.82) is 0 Å².